The number of carbonyl (C=O) groups excluding carboxylic acids is 1. The van der Waals surface area contributed by atoms with E-state index in [0.717, 1.165) is 11.1 Å². The number of hydrogen-bond acceptors (Lipinski definition) is 1. The molecule has 0 aromatic heterocycles. The molecule has 0 heterocycles. The summed E-state index contributed by atoms with van der Waals surface area (Å²) in [6, 6.07) is 27.8. The molecule has 126 valence electrons. The molecule has 0 spiro atoms. The lowest BCUT2D eigenvalue weighted by molar-refractivity contribution is 0.0943. The Kier molecular flexibility index (Phi) is 5.30. The molecule has 3 aromatic rings. The smallest absolute Gasteiger partial charge is 0.252 e. The predicted octanol–water partition coefficient (Wildman–Crippen LogP) is 5.33. The molecule has 0 fully saturated rings. The van der Waals surface area contributed by atoms with E-state index in [1.54, 1.807) is 0 Å². The Hall–Kier alpha value is -2.87. The molecule has 1 N–H and O–H groups in total. The molecule has 0 bridgehead atoms. The van der Waals surface area contributed by atoms with Gasteiger partial charge in [0.25, 0.3) is 5.91 Å². The second-order valence-electron chi connectivity index (χ2n) is 6.50. The number of amides is 1. The molecule has 0 unspecified atom stereocenters. The van der Waals surface area contributed by atoms with Crippen molar-refractivity contribution in [1.29, 1.82) is 0 Å². The van der Waals surface area contributed by atoms with Crippen LogP contribution in [0.1, 0.15) is 52.9 Å². The van der Waals surface area contributed by atoms with Crippen molar-refractivity contribution in [3.05, 3.63) is 107 Å². The average Bonchev–Trinajstić information content (AvgIpc) is 2.67. The Bertz CT molecular complexity index is 768. The first kappa shape index (κ1) is 17.0. The first-order valence-electron chi connectivity index (χ1n) is 8.66. The highest BCUT2D eigenvalue weighted by molar-refractivity contribution is 5.94. The van der Waals surface area contributed by atoms with Gasteiger partial charge in [-0.15, -0.1) is 0 Å². The third-order valence-corrected chi connectivity index (χ3v) is 4.38. The third-order valence-electron chi connectivity index (χ3n) is 4.38. The average molecular weight is 329 g/mol. The summed E-state index contributed by atoms with van der Waals surface area (Å²) < 4.78 is 0. The molecule has 0 aliphatic heterocycles. The Labute approximate surface area is 149 Å². The summed E-state index contributed by atoms with van der Waals surface area (Å²) in [5.74, 6) is 0.395. The normalized spacial score (nSPS) is 10.9. The highest BCUT2D eigenvalue weighted by atomic mass is 16.1. The lowest BCUT2D eigenvalue weighted by Crippen LogP contribution is -2.29. The minimum absolute atomic E-state index is 0.0620. The third kappa shape index (κ3) is 4.16. The summed E-state index contributed by atoms with van der Waals surface area (Å²) in [7, 11) is 0. The van der Waals surface area contributed by atoms with E-state index in [1.165, 1.54) is 5.56 Å². The maximum Gasteiger partial charge on any atom is 0.252 e. The van der Waals surface area contributed by atoms with Crippen molar-refractivity contribution in [3.63, 3.8) is 0 Å². The molecule has 0 saturated heterocycles. The van der Waals surface area contributed by atoms with Gasteiger partial charge in [-0.2, -0.15) is 0 Å². The molecule has 25 heavy (non-hydrogen) atoms. The van der Waals surface area contributed by atoms with E-state index in [4.69, 9.17) is 0 Å². The van der Waals surface area contributed by atoms with E-state index >= 15 is 0 Å². The fourth-order valence-corrected chi connectivity index (χ4v) is 2.88. The van der Waals surface area contributed by atoms with Gasteiger partial charge in [0.05, 0.1) is 6.04 Å². The van der Waals surface area contributed by atoms with Gasteiger partial charge in [0, 0.05) is 5.56 Å². The van der Waals surface area contributed by atoms with E-state index in [9.17, 15) is 4.79 Å². The second kappa shape index (κ2) is 7.80. The zero-order valence-electron chi connectivity index (χ0n) is 14.6. The largest absolute Gasteiger partial charge is 0.341 e. The van der Waals surface area contributed by atoms with Gasteiger partial charge in [0.15, 0.2) is 0 Å². The number of benzene rings is 3. The van der Waals surface area contributed by atoms with Gasteiger partial charge in [-0.3, -0.25) is 4.79 Å². The lowest BCUT2D eigenvalue weighted by atomic mass is 9.97. The summed E-state index contributed by atoms with van der Waals surface area (Å²) in [5.41, 5.74) is 4.06. The van der Waals surface area contributed by atoms with Crippen LogP contribution in [0.3, 0.4) is 0 Å². The highest BCUT2D eigenvalue weighted by Crippen LogP contribution is 2.22. The van der Waals surface area contributed by atoms with Crippen LogP contribution in [-0.4, -0.2) is 5.91 Å². The van der Waals surface area contributed by atoms with Crippen LogP contribution in [0.25, 0.3) is 0 Å². The Morgan fingerprint density at radius 3 is 1.60 bits per heavy atom. The van der Waals surface area contributed by atoms with E-state index in [1.807, 2.05) is 84.9 Å². The zero-order valence-corrected chi connectivity index (χ0v) is 14.6. The summed E-state index contributed by atoms with van der Waals surface area (Å²) in [6.45, 7) is 4.30. The van der Waals surface area contributed by atoms with Crippen molar-refractivity contribution in [3.8, 4) is 0 Å². The maximum absolute atomic E-state index is 12.8. The second-order valence-corrected chi connectivity index (χ2v) is 6.50. The zero-order chi connectivity index (χ0) is 17.6. The monoisotopic (exact) mass is 329 g/mol. The molecule has 1 amide bonds. The molecule has 2 heteroatoms. The maximum atomic E-state index is 12.8. The summed E-state index contributed by atoms with van der Waals surface area (Å²) >= 11 is 0. The van der Waals surface area contributed by atoms with Crippen molar-refractivity contribution >= 4 is 5.91 Å². The van der Waals surface area contributed by atoms with E-state index < -0.39 is 0 Å². The lowest BCUT2D eigenvalue weighted by Gasteiger charge is -2.20. The quantitative estimate of drug-likeness (QED) is 0.673. The molecule has 0 radical (unpaired) electrons. The summed E-state index contributed by atoms with van der Waals surface area (Å²) in [5, 5.41) is 3.18. The van der Waals surface area contributed by atoms with Gasteiger partial charge in [-0.05, 0) is 34.7 Å². The molecule has 0 saturated carbocycles. The van der Waals surface area contributed by atoms with Crippen LogP contribution in [0.15, 0.2) is 84.9 Å². The number of carbonyl (C=O) groups is 1. The predicted molar refractivity (Wildman–Crippen MR) is 103 cm³/mol. The van der Waals surface area contributed by atoms with Gasteiger partial charge in [0.1, 0.15) is 0 Å². The molecule has 3 rings (SSSR count). The minimum Gasteiger partial charge on any atom is -0.341 e. The van der Waals surface area contributed by atoms with Gasteiger partial charge in [-0.1, -0.05) is 86.6 Å². The molecule has 0 aliphatic rings. The van der Waals surface area contributed by atoms with E-state index in [2.05, 4.69) is 19.2 Å². The molecule has 0 atom stereocenters. The summed E-state index contributed by atoms with van der Waals surface area (Å²) in [6.07, 6.45) is 0. The number of nitrogens with one attached hydrogen (secondary N) is 1. The van der Waals surface area contributed by atoms with Crippen LogP contribution >= 0.6 is 0 Å². The van der Waals surface area contributed by atoms with Crippen LogP contribution < -0.4 is 5.32 Å². The van der Waals surface area contributed by atoms with Crippen molar-refractivity contribution in [2.24, 2.45) is 0 Å². The molecular formula is C23H23NO. The van der Waals surface area contributed by atoms with Gasteiger partial charge in [0.2, 0.25) is 0 Å². The minimum atomic E-state index is -0.167. The molecular weight excluding hydrogens is 306 g/mol. The fraction of sp³-hybridized carbons (Fsp3) is 0.174. The standard InChI is InChI=1S/C23H23NO/c1-17(2)18-13-15-21(16-14-18)23(25)24-22(19-9-5-3-6-10-19)20-11-7-4-8-12-20/h3-17,22H,1-2H3,(H,24,25). The fourth-order valence-electron chi connectivity index (χ4n) is 2.88. The molecule has 2 nitrogen and oxygen atoms in total. The summed E-state index contributed by atoms with van der Waals surface area (Å²) in [4.78, 5) is 12.8. The Morgan fingerprint density at radius 2 is 1.16 bits per heavy atom. The topological polar surface area (TPSA) is 29.1 Å². The van der Waals surface area contributed by atoms with Crippen LogP contribution in [0, 0.1) is 0 Å². The van der Waals surface area contributed by atoms with Gasteiger partial charge >= 0.3 is 0 Å². The first-order chi connectivity index (χ1) is 12.1. The first-order valence-corrected chi connectivity index (χ1v) is 8.66. The van der Waals surface area contributed by atoms with Crippen molar-refractivity contribution in [1.82, 2.24) is 5.32 Å². The molecule has 3 aromatic carbocycles. The number of hydrogen-bond donors (Lipinski definition) is 1. The van der Waals surface area contributed by atoms with Crippen LogP contribution in [0.5, 0.6) is 0 Å². The SMILES string of the molecule is CC(C)c1ccc(C(=O)NC(c2ccccc2)c2ccccc2)cc1. The van der Waals surface area contributed by atoms with Crippen molar-refractivity contribution < 1.29 is 4.79 Å². The van der Waals surface area contributed by atoms with Gasteiger partial charge in [-0.25, -0.2) is 0 Å². The van der Waals surface area contributed by atoms with Crippen LogP contribution in [0.2, 0.25) is 0 Å². The van der Waals surface area contributed by atoms with Crippen molar-refractivity contribution in [2.75, 3.05) is 0 Å². The Morgan fingerprint density at radius 1 is 0.680 bits per heavy atom. The number of rotatable bonds is 5. The highest BCUT2D eigenvalue weighted by Gasteiger charge is 2.17. The Balaban J connectivity index is 1.86. The van der Waals surface area contributed by atoms with Crippen LogP contribution in [0.4, 0.5) is 0 Å². The van der Waals surface area contributed by atoms with Crippen molar-refractivity contribution in [2.45, 2.75) is 25.8 Å². The molecule has 0 aliphatic carbocycles. The van der Waals surface area contributed by atoms with E-state index in [0.29, 0.717) is 11.5 Å². The van der Waals surface area contributed by atoms with Crippen LogP contribution in [-0.2, 0) is 0 Å². The van der Waals surface area contributed by atoms with E-state index in [-0.39, 0.29) is 11.9 Å². The van der Waals surface area contributed by atoms with Gasteiger partial charge < -0.3 is 5.32 Å².